The van der Waals surface area contributed by atoms with Crippen molar-refractivity contribution in [2.45, 2.75) is 37.7 Å². The molecule has 0 unspecified atom stereocenters. The molecule has 0 saturated carbocycles. The van der Waals surface area contributed by atoms with Crippen molar-refractivity contribution in [3.63, 3.8) is 0 Å². The van der Waals surface area contributed by atoms with E-state index in [2.05, 4.69) is 0 Å². The minimum atomic E-state index is -0.331. The van der Waals surface area contributed by atoms with Crippen LogP contribution in [-0.4, -0.2) is 32.7 Å². The quantitative estimate of drug-likeness (QED) is 0.500. The van der Waals surface area contributed by atoms with Gasteiger partial charge in [0.25, 0.3) is 0 Å². The van der Waals surface area contributed by atoms with Gasteiger partial charge in [0.2, 0.25) is 0 Å². The van der Waals surface area contributed by atoms with E-state index in [1.54, 1.807) is 24.3 Å². The van der Waals surface area contributed by atoms with E-state index in [9.17, 15) is 8.78 Å². The number of benzene rings is 2. The molecule has 2 aromatic carbocycles. The Labute approximate surface area is 192 Å². The van der Waals surface area contributed by atoms with Crippen LogP contribution in [0.25, 0.3) is 0 Å². The van der Waals surface area contributed by atoms with Crippen molar-refractivity contribution in [2.75, 3.05) is 0 Å². The summed E-state index contributed by atoms with van der Waals surface area (Å²) in [6.45, 7) is 3.92. The number of amidine groups is 2. The molecule has 0 saturated heterocycles. The summed E-state index contributed by atoms with van der Waals surface area (Å²) >= 11 is 15.1. The monoisotopic (exact) mass is 486 g/mol. The van der Waals surface area contributed by atoms with Crippen LogP contribution in [0.2, 0.25) is 10.0 Å². The molecule has 10 heteroatoms. The normalized spacial score (nSPS) is 20.5. The van der Waals surface area contributed by atoms with Gasteiger partial charge < -0.3 is 0 Å². The molecule has 2 atom stereocenters. The predicted octanol–water partition coefficient (Wildman–Crippen LogP) is 6.39. The summed E-state index contributed by atoms with van der Waals surface area (Å²) in [5, 5.41) is 6.25. The molecule has 0 radical (unpaired) electrons. The zero-order chi connectivity index (χ0) is 21.4. The van der Waals surface area contributed by atoms with Gasteiger partial charge in [0.05, 0.1) is 0 Å². The molecule has 4 nitrogen and oxygen atoms in total. The van der Waals surface area contributed by atoms with Crippen LogP contribution in [0.1, 0.15) is 25.0 Å². The third kappa shape index (κ3) is 4.15. The largest absolute Gasteiger partial charge is 0.234 e. The first-order chi connectivity index (χ1) is 14.4. The van der Waals surface area contributed by atoms with Gasteiger partial charge in [-0.3, -0.25) is 0 Å². The standard InChI is InChI=1S/C20H18Cl2F2N4S2/c1-11-25-19(29-9-13-15(21)5-3-7-17(13)23)28-12(2)26-20(27(11)28)30-10-14-16(22)6-4-8-18(14)24/h3-8,11-12H,9-10H2,1-2H3/t11-,12-/m0/s1. The third-order valence-corrected chi connectivity index (χ3v) is 7.42. The fourth-order valence-corrected chi connectivity index (χ4v) is 6.18. The fourth-order valence-electron chi connectivity index (χ4n) is 3.23. The van der Waals surface area contributed by atoms with Crippen LogP contribution in [0.15, 0.2) is 46.4 Å². The first kappa shape index (κ1) is 21.7. The number of rotatable bonds is 4. The van der Waals surface area contributed by atoms with Crippen LogP contribution >= 0.6 is 46.7 Å². The topological polar surface area (TPSA) is 31.2 Å². The van der Waals surface area contributed by atoms with E-state index in [1.807, 2.05) is 23.9 Å². The fraction of sp³-hybridized carbons (Fsp3) is 0.300. The molecule has 0 spiro atoms. The van der Waals surface area contributed by atoms with Crippen LogP contribution in [0.3, 0.4) is 0 Å². The summed E-state index contributed by atoms with van der Waals surface area (Å²) in [7, 11) is 0. The SMILES string of the molecule is C[C@H]1N=C(SCc2c(F)cccc2Cl)N2[C@@H](C)N=C(SCc3c(F)cccc3Cl)N12. The minimum absolute atomic E-state index is 0.170. The van der Waals surface area contributed by atoms with Crippen LogP contribution in [0.5, 0.6) is 0 Å². The summed E-state index contributed by atoms with van der Waals surface area (Å²) < 4.78 is 28.2. The Morgan fingerprint density at radius 2 is 1.20 bits per heavy atom. The van der Waals surface area contributed by atoms with Gasteiger partial charge in [0.1, 0.15) is 24.0 Å². The zero-order valence-corrected chi connectivity index (χ0v) is 19.3. The van der Waals surface area contributed by atoms with Crippen LogP contribution in [-0.2, 0) is 11.5 Å². The summed E-state index contributed by atoms with van der Waals surface area (Å²) in [5.74, 6) is 0.0625. The van der Waals surface area contributed by atoms with Gasteiger partial charge in [-0.25, -0.2) is 28.8 Å². The minimum Gasteiger partial charge on any atom is -0.234 e. The summed E-state index contributed by atoms with van der Waals surface area (Å²) in [4.78, 5) is 9.42. The molecule has 0 fully saturated rings. The van der Waals surface area contributed by atoms with Crippen molar-refractivity contribution >= 4 is 57.1 Å². The average molecular weight is 487 g/mol. The lowest BCUT2D eigenvalue weighted by atomic mass is 10.2. The second-order valence-electron chi connectivity index (χ2n) is 6.75. The van der Waals surface area contributed by atoms with Crippen molar-refractivity contribution < 1.29 is 8.78 Å². The molecule has 30 heavy (non-hydrogen) atoms. The first-order valence-corrected chi connectivity index (χ1v) is 11.9. The Balaban J connectivity index is 1.45. The van der Waals surface area contributed by atoms with Crippen LogP contribution in [0, 0.1) is 11.6 Å². The van der Waals surface area contributed by atoms with E-state index in [4.69, 9.17) is 33.2 Å². The van der Waals surface area contributed by atoms with Crippen molar-refractivity contribution in [1.29, 1.82) is 0 Å². The van der Waals surface area contributed by atoms with Crippen LogP contribution in [0.4, 0.5) is 8.78 Å². The Kier molecular flexibility index (Phi) is 6.48. The number of fused-ring (bicyclic) bond motifs is 1. The summed E-state index contributed by atoms with van der Waals surface area (Å²) in [6, 6.07) is 9.33. The maximum Gasteiger partial charge on any atom is 0.182 e. The van der Waals surface area contributed by atoms with Crippen molar-refractivity contribution in [3.8, 4) is 0 Å². The predicted molar refractivity (Wildman–Crippen MR) is 123 cm³/mol. The number of hydrogen-bond acceptors (Lipinski definition) is 6. The van der Waals surface area contributed by atoms with E-state index in [0.717, 1.165) is 10.3 Å². The molecule has 0 aliphatic carbocycles. The summed E-state index contributed by atoms with van der Waals surface area (Å²) in [6.07, 6.45) is -0.341. The third-order valence-electron chi connectivity index (χ3n) is 4.74. The van der Waals surface area contributed by atoms with Gasteiger partial charge in [-0.1, -0.05) is 58.9 Å². The van der Waals surface area contributed by atoms with Crippen molar-refractivity contribution in [3.05, 3.63) is 69.2 Å². The van der Waals surface area contributed by atoms with Gasteiger partial charge in [0, 0.05) is 32.7 Å². The molecule has 0 aromatic heterocycles. The van der Waals surface area contributed by atoms with Crippen LogP contribution < -0.4 is 0 Å². The van der Waals surface area contributed by atoms with Gasteiger partial charge in [-0.15, -0.1) is 0 Å². The van der Waals surface area contributed by atoms with E-state index < -0.39 is 0 Å². The molecule has 2 heterocycles. The lowest BCUT2D eigenvalue weighted by Crippen LogP contribution is -2.44. The van der Waals surface area contributed by atoms with Crippen molar-refractivity contribution in [1.82, 2.24) is 10.0 Å². The number of nitrogens with zero attached hydrogens (tertiary/aromatic N) is 4. The van der Waals surface area contributed by atoms with Gasteiger partial charge >= 0.3 is 0 Å². The van der Waals surface area contributed by atoms with E-state index in [0.29, 0.717) is 32.7 Å². The maximum atomic E-state index is 14.1. The molecule has 2 aliphatic heterocycles. The highest BCUT2D eigenvalue weighted by atomic mass is 35.5. The molecule has 158 valence electrons. The second kappa shape index (κ2) is 8.94. The van der Waals surface area contributed by atoms with Crippen molar-refractivity contribution in [2.24, 2.45) is 9.98 Å². The van der Waals surface area contributed by atoms with E-state index in [-0.39, 0.29) is 24.0 Å². The lowest BCUT2D eigenvalue weighted by molar-refractivity contribution is 0.119. The van der Waals surface area contributed by atoms with Gasteiger partial charge in [-0.2, -0.15) is 0 Å². The van der Waals surface area contributed by atoms with E-state index in [1.165, 1.54) is 35.7 Å². The van der Waals surface area contributed by atoms with Gasteiger partial charge in [-0.05, 0) is 38.1 Å². The number of hydrogen-bond donors (Lipinski definition) is 0. The molecular formula is C20H18Cl2F2N4S2. The molecular weight excluding hydrogens is 469 g/mol. The highest BCUT2D eigenvalue weighted by Crippen LogP contribution is 2.37. The molecule has 2 aromatic rings. The maximum absolute atomic E-state index is 14.1. The Morgan fingerprint density at radius 1 is 0.800 bits per heavy atom. The average Bonchev–Trinajstić information content (AvgIpc) is 3.19. The highest BCUT2D eigenvalue weighted by molar-refractivity contribution is 8.13. The number of hydrazine groups is 1. The Hall–Kier alpha value is -1.48. The number of thioether (sulfide) groups is 2. The smallest absolute Gasteiger partial charge is 0.182 e. The molecule has 0 amide bonds. The zero-order valence-electron chi connectivity index (χ0n) is 16.2. The molecule has 0 bridgehead atoms. The molecule has 4 rings (SSSR count). The molecule has 2 aliphatic rings. The number of aliphatic imine (C=N–C) groups is 2. The molecule has 0 N–H and O–H groups in total. The highest BCUT2D eigenvalue weighted by Gasteiger charge is 2.42. The second-order valence-corrected chi connectivity index (χ2v) is 9.45. The first-order valence-electron chi connectivity index (χ1n) is 9.22. The van der Waals surface area contributed by atoms with Gasteiger partial charge in [0.15, 0.2) is 10.3 Å². The summed E-state index contributed by atoms with van der Waals surface area (Å²) in [5.41, 5.74) is 0.907. The van der Waals surface area contributed by atoms with E-state index >= 15 is 0 Å². The Bertz CT molecular complexity index is 912. The lowest BCUT2D eigenvalue weighted by Gasteiger charge is -2.29. The number of halogens is 4. The Morgan fingerprint density at radius 3 is 1.57 bits per heavy atom.